The number of halogens is 4. The molecule has 2 aromatic rings. The number of alkyl halides is 3. The molecule has 1 fully saturated rings. The Labute approximate surface area is 174 Å². The first-order valence-corrected chi connectivity index (χ1v) is 9.84. The molecule has 1 aliphatic rings. The average Bonchev–Trinajstić information content (AvgIpc) is 3.38. The number of aromatic nitrogens is 2. The van der Waals surface area contributed by atoms with Crippen LogP contribution in [0, 0.1) is 11.2 Å². The Bertz CT molecular complexity index is 1020. The smallest absolute Gasteiger partial charge is 0.348 e. The summed E-state index contributed by atoms with van der Waals surface area (Å²) in [4.78, 5) is 32.2. The van der Waals surface area contributed by atoms with Gasteiger partial charge in [0.25, 0.3) is 11.5 Å². The van der Waals surface area contributed by atoms with Gasteiger partial charge in [-0.2, -0.15) is 13.2 Å². The van der Waals surface area contributed by atoms with Crippen molar-refractivity contribution in [3.05, 3.63) is 51.7 Å². The first kappa shape index (κ1) is 22.1. The summed E-state index contributed by atoms with van der Waals surface area (Å²) in [5, 5.41) is 2.77. The second-order valence-electron chi connectivity index (χ2n) is 7.65. The number of carbonyl (C=O) groups excluding carboxylic acids is 1. The maximum atomic E-state index is 14.3. The molecule has 3 rings (SSSR count). The van der Waals surface area contributed by atoms with Crippen molar-refractivity contribution < 1.29 is 22.4 Å². The van der Waals surface area contributed by atoms with Gasteiger partial charge in [0.15, 0.2) is 0 Å². The fraction of sp³-hybridized carbons (Fsp3) is 0.421. The number of amides is 1. The summed E-state index contributed by atoms with van der Waals surface area (Å²) < 4.78 is 52.0. The number of hydrogen-bond donors (Lipinski definition) is 2. The summed E-state index contributed by atoms with van der Waals surface area (Å²) in [7, 11) is 3.30. The second-order valence-corrected chi connectivity index (χ2v) is 8.75. The summed E-state index contributed by atoms with van der Waals surface area (Å²) in [6.45, 7) is 1.89. The van der Waals surface area contributed by atoms with Crippen molar-refractivity contribution in [2.45, 2.75) is 36.2 Å². The van der Waals surface area contributed by atoms with Crippen molar-refractivity contribution in [1.29, 1.82) is 0 Å². The minimum Gasteiger partial charge on any atom is -0.348 e. The van der Waals surface area contributed by atoms with Crippen LogP contribution in [0.15, 0.2) is 34.0 Å². The van der Waals surface area contributed by atoms with Crippen LogP contribution in [0.3, 0.4) is 0 Å². The van der Waals surface area contributed by atoms with Gasteiger partial charge in [0.2, 0.25) is 5.95 Å². The number of rotatable bonds is 6. The van der Waals surface area contributed by atoms with Crippen molar-refractivity contribution >= 4 is 23.6 Å². The lowest BCUT2D eigenvalue weighted by Gasteiger charge is -2.26. The number of nitrogens with zero attached hydrogens (tertiary/aromatic N) is 2. The van der Waals surface area contributed by atoms with E-state index in [1.807, 2.05) is 6.92 Å². The monoisotopic (exact) mass is 444 g/mol. The highest BCUT2D eigenvalue weighted by Crippen LogP contribution is 2.54. The van der Waals surface area contributed by atoms with Crippen LogP contribution in [0.1, 0.15) is 41.9 Å². The topological polar surface area (TPSA) is 78.1 Å². The first-order chi connectivity index (χ1) is 13.9. The zero-order valence-electron chi connectivity index (χ0n) is 16.4. The van der Waals surface area contributed by atoms with E-state index in [0.717, 1.165) is 31.0 Å². The van der Waals surface area contributed by atoms with E-state index in [4.69, 9.17) is 0 Å². The van der Waals surface area contributed by atoms with E-state index in [9.17, 15) is 27.2 Å². The minimum absolute atomic E-state index is 0.110. The van der Waals surface area contributed by atoms with Gasteiger partial charge in [0, 0.05) is 20.2 Å². The van der Waals surface area contributed by atoms with E-state index in [-0.39, 0.29) is 17.1 Å². The van der Waals surface area contributed by atoms with Gasteiger partial charge in [-0.1, -0.05) is 13.0 Å². The molecule has 0 bridgehead atoms. The van der Waals surface area contributed by atoms with Crippen LogP contribution in [0.25, 0.3) is 0 Å². The van der Waals surface area contributed by atoms with Crippen molar-refractivity contribution in [3.8, 4) is 0 Å². The quantitative estimate of drug-likeness (QED) is 0.523. The molecule has 1 aliphatic carbocycles. The normalized spacial score (nSPS) is 16.1. The number of H-pyrrole nitrogens is 1. The van der Waals surface area contributed by atoms with Crippen LogP contribution in [0.2, 0.25) is 0 Å². The minimum atomic E-state index is -4.60. The molecule has 1 heterocycles. The maximum Gasteiger partial charge on any atom is 0.446 e. The molecule has 1 atom stereocenters. The van der Waals surface area contributed by atoms with Gasteiger partial charge in [0.1, 0.15) is 11.5 Å². The summed E-state index contributed by atoms with van der Waals surface area (Å²) in [5.41, 5.74) is -5.24. The molecule has 2 N–H and O–H groups in total. The third-order valence-electron chi connectivity index (χ3n) is 4.91. The molecular formula is C19H20F4N4O2S. The highest BCUT2D eigenvalue weighted by atomic mass is 32.2. The zero-order valence-corrected chi connectivity index (χ0v) is 17.2. The molecule has 1 aromatic carbocycles. The van der Waals surface area contributed by atoms with Gasteiger partial charge in [0.05, 0.1) is 10.9 Å². The van der Waals surface area contributed by atoms with Gasteiger partial charge in [-0.05, 0) is 47.7 Å². The van der Waals surface area contributed by atoms with Crippen molar-refractivity contribution in [3.63, 3.8) is 0 Å². The number of thioether (sulfide) groups is 1. The molecule has 1 unspecified atom stereocenters. The molecule has 1 amide bonds. The summed E-state index contributed by atoms with van der Waals surface area (Å²) in [6, 6.07) is 3.86. The third-order valence-corrected chi connectivity index (χ3v) is 5.69. The molecule has 1 aromatic heterocycles. The molecule has 30 heavy (non-hydrogen) atoms. The molecular weight excluding hydrogens is 424 g/mol. The predicted octanol–water partition coefficient (Wildman–Crippen LogP) is 3.86. The van der Waals surface area contributed by atoms with Crippen molar-refractivity contribution in [2.24, 2.45) is 5.41 Å². The first-order valence-electron chi connectivity index (χ1n) is 9.03. The van der Waals surface area contributed by atoms with Crippen LogP contribution < -0.4 is 15.8 Å². The Kier molecular flexibility index (Phi) is 5.85. The Morgan fingerprint density at radius 1 is 1.30 bits per heavy atom. The fourth-order valence-electron chi connectivity index (χ4n) is 3.03. The van der Waals surface area contributed by atoms with E-state index >= 15 is 0 Å². The van der Waals surface area contributed by atoms with Crippen LogP contribution in [-0.4, -0.2) is 35.5 Å². The fourth-order valence-corrected chi connectivity index (χ4v) is 3.57. The molecule has 0 radical (unpaired) electrons. The van der Waals surface area contributed by atoms with E-state index in [1.165, 1.54) is 11.0 Å². The maximum absolute atomic E-state index is 14.3. The number of carbonyl (C=O) groups is 1. The lowest BCUT2D eigenvalue weighted by atomic mass is 9.91. The summed E-state index contributed by atoms with van der Waals surface area (Å²) in [5.74, 6) is -1.44. The van der Waals surface area contributed by atoms with E-state index < -0.39 is 45.5 Å². The highest BCUT2D eigenvalue weighted by Gasteiger charge is 2.46. The molecule has 0 spiro atoms. The Morgan fingerprint density at radius 3 is 2.50 bits per heavy atom. The SMILES string of the molecule is CN(C)c1nc(C(=O)NC(c2ccc(SC(F)(F)F)c(F)c2)C2(C)CC2)cc(=O)[nH]1. The predicted molar refractivity (Wildman–Crippen MR) is 105 cm³/mol. The van der Waals surface area contributed by atoms with Gasteiger partial charge in [-0.25, -0.2) is 9.37 Å². The van der Waals surface area contributed by atoms with E-state index in [1.54, 1.807) is 14.1 Å². The second kappa shape index (κ2) is 7.93. The molecule has 162 valence electrons. The van der Waals surface area contributed by atoms with Crippen LogP contribution in [-0.2, 0) is 0 Å². The lowest BCUT2D eigenvalue weighted by molar-refractivity contribution is -0.0329. The van der Waals surface area contributed by atoms with E-state index in [2.05, 4.69) is 15.3 Å². The van der Waals surface area contributed by atoms with Crippen molar-refractivity contribution in [2.75, 3.05) is 19.0 Å². The Hall–Kier alpha value is -2.56. The number of nitrogens with one attached hydrogen (secondary N) is 2. The summed E-state index contributed by atoms with van der Waals surface area (Å²) >= 11 is -0.528. The van der Waals surface area contributed by atoms with Crippen LogP contribution in [0.5, 0.6) is 0 Å². The summed E-state index contributed by atoms with van der Waals surface area (Å²) in [6.07, 6.45) is 1.51. The third kappa shape index (κ3) is 5.13. The molecule has 0 saturated heterocycles. The average molecular weight is 444 g/mol. The lowest BCUT2D eigenvalue weighted by Crippen LogP contribution is -2.35. The largest absolute Gasteiger partial charge is 0.446 e. The number of benzene rings is 1. The Morgan fingerprint density at radius 2 is 1.97 bits per heavy atom. The van der Waals surface area contributed by atoms with Gasteiger partial charge < -0.3 is 10.2 Å². The molecule has 11 heteroatoms. The zero-order chi connectivity index (χ0) is 22.3. The number of anilines is 1. The van der Waals surface area contributed by atoms with Crippen molar-refractivity contribution in [1.82, 2.24) is 15.3 Å². The van der Waals surface area contributed by atoms with Gasteiger partial charge >= 0.3 is 5.51 Å². The highest BCUT2D eigenvalue weighted by molar-refractivity contribution is 8.00. The standard InChI is InChI=1S/C19H20F4N4O2S/c1-18(6-7-18)15(10-4-5-13(11(20)8-10)30-19(21,22)23)26-16(29)12-9-14(28)25-17(24-12)27(2)3/h4-5,8-9,15H,6-7H2,1-3H3,(H,26,29)(H,24,25,28). The van der Waals surface area contributed by atoms with Crippen LogP contribution in [0.4, 0.5) is 23.5 Å². The number of aromatic amines is 1. The Balaban J connectivity index is 1.89. The van der Waals surface area contributed by atoms with Gasteiger partial charge in [-0.3, -0.25) is 14.6 Å². The molecule has 6 nitrogen and oxygen atoms in total. The number of hydrogen-bond acceptors (Lipinski definition) is 5. The molecule has 1 saturated carbocycles. The van der Waals surface area contributed by atoms with Crippen LogP contribution >= 0.6 is 11.8 Å². The van der Waals surface area contributed by atoms with E-state index in [0.29, 0.717) is 5.56 Å². The van der Waals surface area contributed by atoms with Gasteiger partial charge in [-0.15, -0.1) is 0 Å². The molecule has 0 aliphatic heterocycles.